The molecule has 0 amide bonds. The first-order valence-corrected chi connectivity index (χ1v) is 5.37. The first kappa shape index (κ1) is 11.5. The molecule has 1 aliphatic carbocycles. The molecule has 0 aliphatic heterocycles. The van der Waals surface area contributed by atoms with Crippen LogP contribution in [0.2, 0.25) is 0 Å². The highest BCUT2D eigenvalue weighted by Crippen LogP contribution is 2.40. The van der Waals surface area contributed by atoms with E-state index in [0.717, 1.165) is 25.8 Å². The summed E-state index contributed by atoms with van der Waals surface area (Å²) in [5, 5.41) is 21.3. The first-order valence-electron chi connectivity index (χ1n) is 5.37. The number of nitrogens with zero attached hydrogens (tertiary/aromatic N) is 1. The topological polar surface area (TPSA) is 56.0 Å². The molecule has 1 saturated carbocycles. The third kappa shape index (κ3) is 2.46. The minimum atomic E-state index is -0.154. The van der Waals surface area contributed by atoms with E-state index in [0.29, 0.717) is 12.5 Å². The second kappa shape index (κ2) is 4.77. The Balaban J connectivity index is 2.07. The number of nitriles is 1. The van der Waals surface area contributed by atoms with E-state index < -0.39 is 0 Å². The van der Waals surface area contributed by atoms with E-state index in [1.54, 1.807) is 0 Å². The smallest absolute Gasteiger partial charge is 0.0621 e. The van der Waals surface area contributed by atoms with Gasteiger partial charge in [0.05, 0.1) is 12.2 Å². The number of aliphatic hydroxyl groups is 1. The van der Waals surface area contributed by atoms with Gasteiger partial charge in [0.1, 0.15) is 0 Å². The maximum Gasteiger partial charge on any atom is 0.0621 e. The lowest BCUT2D eigenvalue weighted by Gasteiger charge is -2.49. The van der Waals surface area contributed by atoms with Crippen LogP contribution in [-0.4, -0.2) is 23.8 Å². The Hall–Kier alpha value is -0.590. The van der Waals surface area contributed by atoms with Crippen LogP contribution < -0.4 is 5.32 Å². The molecule has 80 valence electrons. The van der Waals surface area contributed by atoms with Crippen molar-refractivity contribution >= 4 is 0 Å². The average molecular weight is 196 g/mol. The molecule has 0 aromatic heterocycles. The number of unbranched alkanes of at least 4 members (excludes halogenated alkanes) is 2. The van der Waals surface area contributed by atoms with Crippen LogP contribution in [0.15, 0.2) is 0 Å². The summed E-state index contributed by atoms with van der Waals surface area (Å²) in [6.07, 6.45) is 3.39. The van der Waals surface area contributed by atoms with E-state index in [1.807, 2.05) is 0 Å². The predicted molar refractivity (Wildman–Crippen MR) is 55.7 cm³/mol. The molecule has 0 saturated heterocycles. The molecule has 3 heteroatoms. The van der Waals surface area contributed by atoms with Crippen LogP contribution in [0.5, 0.6) is 0 Å². The number of rotatable bonds is 5. The van der Waals surface area contributed by atoms with Gasteiger partial charge in [0.25, 0.3) is 0 Å². The summed E-state index contributed by atoms with van der Waals surface area (Å²) in [6, 6.07) is 2.58. The van der Waals surface area contributed by atoms with Crippen LogP contribution in [0, 0.1) is 16.7 Å². The third-order valence-electron chi connectivity index (χ3n) is 3.32. The molecule has 2 N–H and O–H groups in total. The molecule has 1 fully saturated rings. The number of nitrogens with one attached hydrogen (secondary N) is 1. The summed E-state index contributed by atoms with van der Waals surface area (Å²) in [6.45, 7) is 5.14. The van der Waals surface area contributed by atoms with Crippen LogP contribution in [0.3, 0.4) is 0 Å². The zero-order chi connectivity index (χ0) is 10.6. The predicted octanol–water partition coefficient (Wildman–Crippen LogP) is 1.43. The standard InChI is InChI=1S/C11H20N2O/c1-11(2)9(8-10(11)14)13-7-5-3-4-6-12/h9-10,13-14H,3-5,7-8H2,1-2H3. The fraction of sp³-hybridized carbons (Fsp3) is 0.909. The Morgan fingerprint density at radius 2 is 2.21 bits per heavy atom. The molecule has 0 aromatic rings. The highest BCUT2D eigenvalue weighted by molar-refractivity contribution is 5.01. The molecule has 1 aliphatic rings. The minimum Gasteiger partial charge on any atom is -0.392 e. The molecule has 1 rings (SSSR count). The van der Waals surface area contributed by atoms with Crippen LogP contribution in [0.1, 0.15) is 39.5 Å². The van der Waals surface area contributed by atoms with E-state index in [9.17, 15) is 5.11 Å². The fourth-order valence-electron chi connectivity index (χ4n) is 1.85. The van der Waals surface area contributed by atoms with Crippen molar-refractivity contribution in [2.75, 3.05) is 6.54 Å². The summed E-state index contributed by atoms with van der Waals surface area (Å²) in [7, 11) is 0. The highest BCUT2D eigenvalue weighted by Gasteiger charge is 2.46. The Morgan fingerprint density at radius 3 is 2.71 bits per heavy atom. The van der Waals surface area contributed by atoms with Crippen LogP contribution in [0.25, 0.3) is 0 Å². The SMILES string of the molecule is CC1(C)C(O)CC1NCCCCC#N. The number of hydrogen-bond donors (Lipinski definition) is 2. The normalized spacial score (nSPS) is 29.3. The maximum atomic E-state index is 9.50. The average Bonchev–Trinajstić information content (AvgIpc) is 2.16. The second-order valence-corrected chi connectivity index (χ2v) is 4.69. The van der Waals surface area contributed by atoms with Gasteiger partial charge in [-0.2, -0.15) is 5.26 Å². The van der Waals surface area contributed by atoms with Gasteiger partial charge in [0.15, 0.2) is 0 Å². The third-order valence-corrected chi connectivity index (χ3v) is 3.32. The lowest BCUT2D eigenvalue weighted by Crippen LogP contribution is -2.60. The lowest BCUT2D eigenvalue weighted by atomic mass is 9.64. The van der Waals surface area contributed by atoms with Gasteiger partial charge in [-0.1, -0.05) is 13.8 Å². The maximum absolute atomic E-state index is 9.50. The van der Waals surface area contributed by atoms with Crippen molar-refractivity contribution in [1.29, 1.82) is 5.26 Å². The fourth-order valence-corrected chi connectivity index (χ4v) is 1.85. The van der Waals surface area contributed by atoms with Gasteiger partial charge in [-0.05, 0) is 25.8 Å². The van der Waals surface area contributed by atoms with E-state index in [1.165, 1.54) is 0 Å². The zero-order valence-electron chi connectivity index (χ0n) is 9.08. The second-order valence-electron chi connectivity index (χ2n) is 4.69. The Labute approximate surface area is 86.1 Å². The van der Waals surface area contributed by atoms with Gasteiger partial charge in [0.2, 0.25) is 0 Å². The number of aliphatic hydroxyl groups excluding tert-OH is 1. The number of hydrogen-bond acceptors (Lipinski definition) is 3. The molecular formula is C11H20N2O. The van der Waals surface area contributed by atoms with Gasteiger partial charge >= 0.3 is 0 Å². The monoisotopic (exact) mass is 196 g/mol. The summed E-state index contributed by atoms with van der Waals surface area (Å²) in [5.41, 5.74) is 0.0230. The van der Waals surface area contributed by atoms with Crippen molar-refractivity contribution in [3.63, 3.8) is 0 Å². The van der Waals surface area contributed by atoms with Crippen molar-refractivity contribution in [1.82, 2.24) is 5.32 Å². The van der Waals surface area contributed by atoms with Crippen molar-refractivity contribution in [3.05, 3.63) is 0 Å². The summed E-state index contributed by atoms with van der Waals surface area (Å²) >= 11 is 0. The molecule has 0 radical (unpaired) electrons. The van der Waals surface area contributed by atoms with Gasteiger partial charge in [-0.25, -0.2) is 0 Å². The molecule has 0 heterocycles. The quantitative estimate of drug-likeness (QED) is 0.654. The van der Waals surface area contributed by atoms with Crippen LogP contribution >= 0.6 is 0 Å². The summed E-state index contributed by atoms with van der Waals surface area (Å²) < 4.78 is 0. The Bertz CT molecular complexity index is 220. The van der Waals surface area contributed by atoms with Crippen molar-refractivity contribution < 1.29 is 5.11 Å². The van der Waals surface area contributed by atoms with Crippen LogP contribution in [-0.2, 0) is 0 Å². The van der Waals surface area contributed by atoms with Gasteiger partial charge in [-0.15, -0.1) is 0 Å². The van der Waals surface area contributed by atoms with Crippen LogP contribution in [0.4, 0.5) is 0 Å². The van der Waals surface area contributed by atoms with Crippen molar-refractivity contribution in [2.24, 2.45) is 5.41 Å². The molecule has 0 spiro atoms. The van der Waals surface area contributed by atoms with E-state index in [2.05, 4.69) is 25.2 Å². The van der Waals surface area contributed by atoms with Gasteiger partial charge < -0.3 is 10.4 Å². The molecule has 0 aromatic carbocycles. The summed E-state index contributed by atoms with van der Waals surface area (Å²) in [5.74, 6) is 0. The highest BCUT2D eigenvalue weighted by atomic mass is 16.3. The Kier molecular flexibility index (Phi) is 3.91. The summed E-state index contributed by atoms with van der Waals surface area (Å²) in [4.78, 5) is 0. The molecule has 14 heavy (non-hydrogen) atoms. The Morgan fingerprint density at radius 1 is 1.50 bits per heavy atom. The minimum absolute atomic E-state index is 0.0230. The molecule has 2 unspecified atom stereocenters. The zero-order valence-corrected chi connectivity index (χ0v) is 9.08. The van der Waals surface area contributed by atoms with E-state index in [4.69, 9.17) is 5.26 Å². The molecule has 2 atom stereocenters. The largest absolute Gasteiger partial charge is 0.392 e. The molecule has 3 nitrogen and oxygen atoms in total. The van der Waals surface area contributed by atoms with E-state index in [-0.39, 0.29) is 11.5 Å². The molecular weight excluding hydrogens is 176 g/mol. The first-order chi connectivity index (χ1) is 6.59. The van der Waals surface area contributed by atoms with Gasteiger partial charge in [-0.3, -0.25) is 0 Å². The lowest BCUT2D eigenvalue weighted by molar-refractivity contribution is -0.0722. The van der Waals surface area contributed by atoms with Crippen molar-refractivity contribution in [2.45, 2.75) is 51.7 Å². The molecule has 0 bridgehead atoms. The van der Waals surface area contributed by atoms with E-state index >= 15 is 0 Å². The van der Waals surface area contributed by atoms with Gasteiger partial charge in [0, 0.05) is 17.9 Å². The van der Waals surface area contributed by atoms with Crippen molar-refractivity contribution in [3.8, 4) is 6.07 Å².